The molecule has 1 aliphatic heterocycles. The lowest BCUT2D eigenvalue weighted by molar-refractivity contribution is -0.121. The highest BCUT2D eigenvalue weighted by atomic mass is 16.1. The van der Waals surface area contributed by atoms with E-state index in [0.29, 0.717) is 11.7 Å². The van der Waals surface area contributed by atoms with Crippen molar-refractivity contribution in [2.75, 3.05) is 6.54 Å². The smallest absolute Gasteiger partial charge is 0.146 e. The molecule has 1 aliphatic carbocycles. The summed E-state index contributed by atoms with van der Waals surface area (Å²) in [6, 6.07) is 0.184. The van der Waals surface area contributed by atoms with Gasteiger partial charge in [0.15, 0.2) is 0 Å². The summed E-state index contributed by atoms with van der Waals surface area (Å²) < 4.78 is 0. The second-order valence-corrected chi connectivity index (χ2v) is 4.05. The van der Waals surface area contributed by atoms with Crippen molar-refractivity contribution in [3.63, 3.8) is 0 Å². The van der Waals surface area contributed by atoms with Gasteiger partial charge in [0.05, 0.1) is 6.04 Å². The normalized spacial score (nSPS) is 48.2. The Hall–Kier alpha value is -0.370. The van der Waals surface area contributed by atoms with Gasteiger partial charge in [0.1, 0.15) is 5.78 Å². The number of hydrogen-bond donors (Lipinski definition) is 1. The summed E-state index contributed by atoms with van der Waals surface area (Å²) in [5.74, 6) is 2.55. The number of Topliss-reactive ketones (excluding diaryl/α,β-unsaturated/α-hetero) is 1. The molecular formula is C9H15NO. The first-order valence-electron chi connectivity index (χ1n) is 4.44. The number of hydrogen-bond acceptors (Lipinski definition) is 2. The predicted octanol–water partition coefficient (Wildman–Crippen LogP) is 0.819. The van der Waals surface area contributed by atoms with Crippen LogP contribution in [0.2, 0.25) is 0 Å². The van der Waals surface area contributed by atoms with Crippen molar-refractivity contribution in [3.8, 4) is 0 Å². The van der Waals surface area contributed by atoms with E-state index in [1.165, 1.54) is 6.42 Å². The molecule has 1 unspecified atom stereocenters. The average molecular weight is 153 g/mol. The zero-order valence-electron chi connectivity index (χ0n) is 7.13. The molecule has 0 amide bonds. The first-order chi connectivity index (χ1) is 5.20. The molecule has 0 aromatic carbocycles. The number of carbonyl (C=O) groups is 1. The van der Waals surface area contributed by atoms with Crippen LogP contribution in [0.1, 0.15) is 20.3 Å². The number of ketones is 1. The standard InChI is InChI=1S/C9H15NO/c1-5-3-7-4-10-9(6(2)11)8(5)7/h5,7-10H,3-4H2,1-2H3/t5?,7-,8-,9+/m0/s1. The summed E-state index contributed by atoms with van der Waals surface area (Å²) in [4.78, 5) is 11.1. The zero-order chi connectivity index (χ0) is 8.01. The Morgan fingerprint density at radius 3 is 2.73 bits per heavy atom. The fourth-order valence-corrected chi connectivity index (χ4v) is 2.71. The molecule has 0 spiro atoms. The van der Waals surface area contributed by atoms with E-state index in [1.807, 2.05) is 0 Å². The second kappa shape index (κ2) is 2.31. The van der Waals surface area contributed by atoms with Crippen molar-refractivity contribution in [3.05, 3.63) is 0 Å². The average Bonchev–Trinajstić information content (AvgIpc) is 2.25. The highest BCUT2D eigenvalue weighted by molar-refractivity contribution is 5.82. The molecule has 2 nitrogen and oxygen atoms in total. The van der Waals surface area contributed by atoms with Crippen LogP contribution in [0.15, 0.2) is 0 Å². The van der Waals surface area contributed by atoms with Crippen LogP contribution in [-0.2, 0) is 4.79 Å². The van der Waals surface area contributed by atoms with Gasteiger partial charge < -0.3 is 5.32 Å². The molecule has 62 valence electrons. The molecule has 4 atom stereocenters. The van der Waals surface area contributed by atoms with Crippen LogP contribution >= 0.6 is 0 Å². The predicted molar refractivity (Wildman–Crippen MR) is 43.2 cm³/mol. The molecule has 0 aromatic rings. The van der Waals surface area contributed by atoms with E-state index in [1.54, 1.807) is 6.92 Å². The molecule has 2 fully saturated rings. The molecule has 1 saturated heterocycles. The van der Waals surface area contributed by atoms with Crippen LogP contribution < -0.4 is 5.32 Å². The molecule has 1 N–H and O–H groups in total. The highest BCUT2D eigenvalue weighted by Crippen LogP contribution is 2.45. The zero-order valence-corrected chi connectivity index (χ0v) is 7.13. The molecule has 2 aliphatic rings. The van der Waals surface area contributed by atoms with Gasteiger partial charge in [-0.1, -0.05) is 6.92 Å². The fraction of sp³-hybridized carbons (Fsp3) is 0.889. The Labute approximate surface area is 67.4 Å². The Kier molecular flexibility index (Phi) is 1.53. The third-order valence-electron chi connectivity index (χ3n) is 3.30. The lowest BCUT2D eigenvalue weighted by Gasteiger charge is -2.39. The highest BCUT2D eigenvalue weighted by Gasteiger charge is 2.48. The molecule has 0 radical (unpaired) electrons. The van der Waals surface area contributed by atoms with E-state index in [2.05, 4.69) is 12.2 Å². The van der Waals surface area contributed by atoms with Gasteiger partial charge in [-0.3, -0.25) is 4.79 Å². The van der Waals surface area contributed by atoms with Crippen molar-refractivity contribution in [2.24, 2.45) is 17.8 Å². The summed E-state index contributed by atoms with van der Waals surface area (Å²) in [5, 5.41) is 3.30. The summed E-state index contributed by atoms with van der Waals surface area (Å²) in [5.41, 5.74) is 0. The van der Waals surface area contributed by atoms with E-state index in [4.69, 9.17) is 0 Å². The first-order valence-corrected chi connectivity index (χ1v) is 4.44. The third kappa shape index (κ3) is 0.924. The SMILES string of the molecule is CC(=O)[C@H]1NC[C@@H]2CC(C)[C@@H]21. The minimum Gasteiger partial charge on any atom is -0.307 e. The number of rotatable bonds is 1. The largest absolute Gasteiger partial charge is 0.307 e. The van der Waals surface area contributed by atoms with E-state index in [0.717, 1.165) is 18.4 Å². The van der Waals surface area contributed by atoms with Gasteiger partial charge in [0.25, 0.3) is 0 Å². The summed E-state index contributed by atoms with van der Waals surface area (Å²) in [6.07, 6.45) is 1.32. The van der Waals surface area contributed by atoms with E-state index < -0.39 is 0 Å². The van der Waals surface area contributed by atoms with Crippen molar-refractivity contribution in [1.29, 1.82) is 0 Å². The second-order valence-electron chi connectivity index (χ2n) is 4.05. The van der Waals surface area contributed by atoms with Crippen LogP contribution in [0.5, 0.6) is 0 Å². The van der Waals surface area contributed by atoms with E-state index in [-0.39, 0.29) is 6.04 Å². The van der Waals surface area contributed by atoms with Crippen LogP contribution in [-0.4, -0.2) is 18.4 Å². The van der Waals surface area contributed by atoms with Gasteiger partial charge in [0.2, 0.25) is 0 Å². The van der Waals surface area contributed by atoms with Gasteiger partial charge in [-0.15, -0.1) is 0 Å². The van der Waals surface area contributed by atoms with Crippen LogP contribution in [0.25, 0.3) is 0 Å². The number of carbonyl (C=O) groups excluding carboxylic acids is 1. The Morgan fingerprint density at radius 1 is 1.55 bits per heavy atom. The molecular weight excluding hydrogens is 138 g/mol. The van der Waals surface area contributed by atoms with Gasteiger partial charge in [0, 0.05) is 0 Å². The Balaban J connectivity index is 2.08. The maximum atomic E-state index is 11.1. The Bertz CT molecular complexity index is 190. The van der Waals surface area contributed by atoms with Crippen molar-refractivity contribution >= 4 is 5.78 Å². The molecule has 0 aromatic heterocycles. The molecule has 2 rings (SSSR count). The number of nitrogens with one attached hydrogen (secondary N) is 1. The molecule has 0 bridgehead atoms. The summed E-state index contributed by atoms with van der Waals surface area (Å²) >= 11 is 0. The topological polar surface area (TPSA) is 29.1 Å². The van der Waals surface area contributed by atoms with E-state index in [9.17, 15) is 4.79 Å². The maximum Gasteiger partial charge on any atom is 0.146 e. The Morgan fingerprint density at radius 2 is 2.27 bits per heavy atom. The lowest BCUT2D eigenvalue weighted by Crippen LogP contribution is -2.42. The summed E-state index contributed by atoms with van der Waals surface area (Å²) in [6.45, 7) is 5.02. The third-order valence-corrected chi connectivity index (χ3v) is 3.30. The monoisotopic (exact) mass is 153 g/mol. The first kappa shape index (κ1) is 7.29. The van der Waals surface area contributed by atoms with Crippen LogP contribution in [0, 0.1) is 17.8 Å². The van der Waals surface area contributed by atoms with Crippen LogP contribution in [0.4, 0.5) is 0 Å². The van der Waals surface area contributed by atoms with Crippen molar-refractivity contribution in [1.82, 2.24) is 5.32 Å². The quantitative estimate of drug-likeness (QED) is 0.604. The van der Waals surface area contributed by atoms with Gasteiger partial charge in [-0.25, -0.2) is 0 Å². The van der Waals surface area contributed by atoms with Crippen molar-refractivity contribution in [2.45, 2.75) is 26.3 Å². The van der Waals surface area contributed by atoms with E-state index >= 15 is 0 Å². The van der Waals surface area contributed by atoms with Gasteiger partial charge in [-0.05, 0) is 37.6 Å². The van der Waals surface area contributed by atoms with Gasteiger partial charge in [-0.2, -0.15) is 0 Å². The van der Waals surface area contributed by atoms with Crippen LogP contribution in [0.3, 0.4) is 0 Å². The lowest BCUT2D eigenvalue weighted by atomic mass is 9.64. The number of fused-ring (bicyclic) bond motifs is 1. The molecule has 1 heterocycles. The maximum absolute atomic E-state index is 11.1. The van der Waals surface area contributed by atoms with Gasteiger partial charge >= 0.3 is 0 Å². The summed E-state index contributed by atoms with van der Waals surface area (Å²) in [7, 11) is 0. The molecule has 1 saturated carbocycles. The molecule has 11 heavy (non-hydrogen) atoms. The molecule has 2 heteroatoms. The fourth-order valence-electron chi connectivity index (χ4n) is 2.71. The minimum absolute atomic E-state index is 0.184. The van der Waals surface area contributed by atoms with Crippen molar-refractivity contribution < 1.29 is 4.79 Å². The minimum atomic E-state index is 0.184.